The summed E-state index contributed by atoms with van der Waals surface area (Å²) in [5.74, 6) is 0.554. The molecule has 0 radical (unpaired) electrons. The molecule has 0 atom stereocenters. The Morgan fingerprint density at radius 3 is 2.30 bits per heavy atom. The number of hydrogen-bond donors (Lipinski definition) is 0. The van der Waals surface area contributed by atoms with Gasteiger partial charge in [-0.05, 0) is 20.1 Å². The summed E-state index contributed by atoms with van der Waals surface area (Å²) in [4.78, 5) is 10.2. The molecule has 0 spiro atoms. The molecule has 2 rings (SSSR count). The molecule has 4 nitrogen and oxygen atoms in total. The lowest BCUT2D eigenvalue weighted by atomic mass is 9.92. The summed E-state index contributed by atoms with van der Waals surface area (Å²) in [6.45, 7) is 3.17. The number of halogens is 3. The zero-order valence-electron chi connectivity index (χ0n) is 11.7. The van der Waals surface area contributed by atoms with Crippen molar-refractivity contribution in [2.75, 3.05) is 31.4 Å². The van der Waals surface area contributed by atoms with Gasteiger partial charge in [-0.25, -0.2) is 9.97 Å². The van der Waals surface area contributed by atoms with Gasteiger partial charge in [0.1, 0.15) is 5.82 Å². The Balaban J connectivity index is 2.27. The van der Waals surface area contributed by atoms with Crippen LogP contribution >= 0.6 is 11.8 Å². The van der Waals surface area contributed by atoms with E-state index in [1.54, 1.807) is 4.90 Å². The first-order chi connectivity index (χ1) is 9.24. The highest BCUT2D eigenvalue weighted by Crippen LogP contribution is 2.42. The zero-order valence-corrected chi connectivity index (χ0v) is 12.5. The fourth-order valence-corrected chi connectivity index (χ4v) is 2.54. The lowest BCUT2D eigenvalue weighted by Crippen LogP contribution is -2.70. The average molecular weight is 307 g/mol. The lowest BCUT2D eigenvalue weighted by molar-refractivity contribution is -0.277. The fourth-order valence-electron chi connectivity index (χ4n) is 2.13. The first-order valence-electron chi connectivity index (χ1n) is 6.00. The molecule has 0 amide bonds. The van der Waals surface area contributed by atoms with Crippen LogP contribution in [-0.2, 0) is 4.74 Å². The molecule has 1 fully saturated rings. The molecule has 0 aliphatic carbocycles. The Labute approximate surface area is 119 Å². The number of thioether (sulfide) groups is 1. The number of alkyl halides is 3. The lowest BCUT2D eigenvalue weighted by Gasteiger charge is -2.50. The van der Waals surface area contributed by atoms with Gasteiger partial charge in [0.05, 0.1) is 13.1 Å². The van der Waals surface area contributed by atoms with Crippen molar-refractivity contribution < 1.29 is 17.9 Å². The highest BCUT2D eigenvalue weighted by atomic mass is 32.2. The molecule has 8 heteroatoms. The second kappa shape index (κ2) is 5.07. The predicted octanol–water partition coefficient (Wildman–Crippen LogP) is 2.58. The topological polar surface area (TPSA) is 38.2 Å². The largest absolute Gasteiger partial charge is 0.420 e. The Morgan fingerprint density at radius 2 is 1.85 bits per heavy atom. The molecule has 0 bridgehead atoms. The third-order valence-corrected chi connectivity index (χ3v) is 4.17. The third-order valence-electron chi connectivity index (χ3n) is 3.63. The highest BCUT2D eigenvalue weighted by Gasteiger charge is 2.63. The van der Waals surface area contributed by atoms with Crippen LogP contribution in [0.3, 0.4) is 0 Å². The van der Waals surface area contributed by atoms with Crippen LogP contribution in [0.4, 0.5) is 19.0 Å². The number of aryl methyl sites for hydroxylation is 1. The molecular weight excluding hydrogens is 291 g/mol. The summed E-state index contributed by atoms with van der Waals surface area (Å²) in [5, 5.41) is 0.560. The van der Waals surface area contributed by atoms with Crippen LogP contribution in [0, 0.1) is 13.8 Å². The van der Waals surface area contributed by atoms with E-state index in [1.165, 1.54) is 11.8 Å². The Morgan fingerprint density at radius 1 is 1.25 bits per heavy atom. The second-order valence-electron chi connectivity index (χ2n) is 4.80. The summed E-state index contributed by atoms with van der Waals surface area (Å²) in [6, 6.07) is 0. The first-order valence-corrected chi connectivity index (χ1v) is 7.22. The van der Waals surface area contributed by atoms with Gasteiger partial charge in [0.2, 0.25) is 0 Å². The molecule has 0 N–H and O–H groups in total. The van der Waals surface area contributed by atoms with E-state index in [0.29, 0.717) is 11.0 Å². The number of nitrogens with zero attached hydrogens (tertiary/aromatic N) is 3. The smallest absolute Gasteiger partial charge is 0.365 e. The van der Waals surface area contributed by atoms with E-state index in [9.17, 15) is 13.2 Å². The maximum Gasteiger partial charge on any atom is 0.420 e. The first kappa shape index (κ1) is 15.4. The van der Waals surface area contributed by atoms with E-state index in [0.717, 1.165) is 18.4 Å². The molecule has 2 heterocycles. The van der Waals surface area contributed by atoms with Crippen LogP contribution in [0.5, 0.6) is 0 Å². The molecule has 112 valence electrons. The summed E-state index contributed by atoms with van der Waals surface area (Å²) in [6.07, 6.45) is -2.55. The van der Waals surface area contributed by atoms with Crippen molar-refractivity contribution in [3.8, 4) is 0 Å². The molecule has 20 heavy (non-hydrogen) atoms. The number of methoxy groups -OCH3 is 1. The highest BCUT2D eigenvalue weighted by molar-refractivity contribution is 7.98. The van der Waals surface area contributed by atoms with Crippen molar-refractivity contribution in [3.05, 3.63) is 11.3 Å². The summed E-state index contributed by atoms with van der Waals surface area (Å²) in [7, 11) is 1.09. The van der Waals surface area contributed by atoms with E-state index in [2.05, 4.69) is 9.97 Å². The molecule has 1 aliphatic heterocycles. The molecule has 0 unspecified atom stereocenters. The van der Waals surface area contributed by atoms with Crippen LogP contribution in [0.15, 0.2) is 5.16 Å². The van der Waals surface area contributed by atoms with Gasteiger partial charge in [0.25, 0.3) is 0 Å². The Kier molecular flexibility index (Phi) is 3.90. The summed E-state index contributed by atoms with van der Waals surface area (Å²) < 4.78 is 43.6. The van der Waals surface area contributed by atoms with Crippen LogP contribution in [0.25, 0.3) is 0 Å². The van der Waals surface area contributed by atoms with Crippen molar-refractivity contribution in [2.24, 2.45) is 0 Å². The van der Waals surface area contributed by atoms with Crippen LogP contribution in [-0.4, -0.2) is 48.2 Å². The van der Waals surface area contributed by atoms with Crippen molar-refractivity contribution in [1.82, 2.24) is 9.97 Å². The van der Waals surface area contributed by atoms with E-state index in [1.807, 2.05) is 20.1 Å². The molecule has 0 saturated carbocycles. The minimum Gasteiger partial charge on any atom is -0.365 e. The minimum absolute atomic E-state index is 0.238. The summed E-state index contributed by atoms with van der Waals surface area (Å²) in [5.41, 5.74) is -0.506. The molecule has 1 aromatic rings. The van der Waals surface area contributed by atoms with Crippen molar-refractivity contribution in [1.29, 1.82) is 0 Å². The maximum absolute atomic E-state index is 13.0. The zero-order chi connectivity index (χ0) is 15.1. The molecule has 1 saturated heterocycles. The van der Waals surface area contributed by atoms with Gasteiger partial charge < -0.3 is 9.64 Å². The van der Waals surface area contributed by atoms with Crippen LogP contribution in [0.1, 0.15) is 11.3 Å². The summed E-state index contributed by atoms with van der Waals surface area (Å²) >= 11 is 1.37. The van der Waals surface area contributed by atoms with Gasteiger partial charge in [-0.1, -0.05) is 11.8 Å². The Hall–Kier alpha value is -1.02. The van der Waals surface area contributed by atoms with Gasteiger partial charge in [0.15, 0.2) is 10.8 Å². The maximum atomic E-state index is 13.0. The second-order valence-corrected chi connectivity index (χ2v) is 5.57. The number of anilines is 1. The van der Waals surface area contributed by atoms with Gasteiger partial charge in [-0.3, -0.25) is 0 Å². The van der Waals surface area contributed by atoms with Gasteiger partial charge >= 0.3 is 6.18 Å². The quantitative estimate of drug-likeness (QED) is 0.634. The van der Waals surface area contributed by atoms with Crippen LogP contribution < -0.4 is 4.90 Å². The van der Waals surface area contributed by atoms with Gasteiger partial charge in [-0.15, -0.1) is 0 Å². The van der Waals surface area contributed by atoms with Gasteiger partial charge in [-0.2, -0.15) is 13.2 Å². The van der Waals surface area contributed by atoms with E-state index in [4.69, 9.17) is 4.74 Å². The van der Waals surface area contributed by atoms with E-state index < -0.39 is 11.8 Å². The number of ether oxygens (including phenoxy) is 1. The molecular formula is C12H16F3N3OS. The average Bonchev–Trinajstić information content (AvgIpc) is 2.31. The minimum atomic E-state index is -4.38. The molecule has 0 aromatic carbocycles. The fraction of sp³-hybridized carbons (Fsp3) is 0.667. The molecule has 1 aliphatic rings. The normalized spacial score (nSPS) is 18.1. The van der Waals surface area contributed by atoms with Crippen molar-refractivity contribution in [3.63, 3.8) is 0 Å². The predicted molar refractivity (Wildman–Crippen MR) is 71.3 cm³/mol. The number of aromatic nitrogens is 2. The monoisotopic (exact) mass is 307 g/mol. The Bertz CT molecular complexity index is 515. The van der Waals surface area contributed by atoms with E-state index >= 15 is 0 Å². The van der Waals surface area contributed by atoms with Gasteiger partial charge in [0, 0.05) is 18.4 Å². The third kappa shape index (κ3) is 2.35. The molecule has 1 aromatic heterocycles. The van der Waals surface area contributed by atoms with Crippen LogP contribution in [0.2, 0.25) is 0 Å². The number of rotatable bonds is 3. The van der Waals surface area contributed by atoms with Crippen molar-refractivity contribution in [2.45, 2.75) is 30.8 Å². The number of hydrogen-bond acceptors (Lipinski definition) is 5. The van der Waals surface area contributed by atoms with Crippen molar-refractivity contribution >= 4 is 17.6 Å². The van der Waals surface area contributed by atoms with E-state index in [-0.39, 0.29) is 13.1 Å². The SMILES string of the molecule is COC1(C(F)(F)F)CN(c2nc(SC)nc(C)c2C)C1. The standard InChI is InChI=1S/C12H16F3N3OS/c1-7-8(2)16-10(20-4)17-9(7)18-5-11(6-18,19-3)12(13,14)15/h5-6H2,1-4H3.